The number of nitrogens with zero attached hydrogens (tertiary/aromatic N) is 1. The molecule has 0 spiro atoms. The lowest BCUT2D eigenvalue weighted by atomic mass is 9.96. The molecule has 0 aromatic rings. The fraction of sp³-hybridized carbons (Fsp3) is 1.00. The average Bonchev–Trinajstić information content (AvgIpc) is 2.34. The highest BCUT2D eigenvalue weighted by atomic mass is 19.4. The van der Waals surface area contributed by atoms with Gasteiger partial charge in [-0.1, -0.05) is 0 Å². The van der Waals surface area contributed by atoms with Crippen LogP contribution in [0.25, 0.3) is 0 Å². The number of likely N-dealkylation sites (tertiary alicyclic amines) is 1. The van der Waals surface area contributed by atoms with E-state index in [1.165, 1.54) is 0 Å². The predicted octanol–water partition coefficient (Wildman–Crippen LogP) is 2.01. The Bertz CT molecular complexity index is 228. The highest BCUT2D eigenvalue weighted by molar-refractivity contribution is 4.77. The minimum Gasteiger partial charge on any atom is -0.377 e. The third-order valence-corrected chi connectivity index (χ3v) is 3.48. The van der Waals surface area contributed by atoms with Crippen molar-refractivity contribution in [2.45, 2.75) is 38.5 Å². The van der Waals surface area contributed by atoms with E-state index in [-0.39, 0.29) is 18.9 Å². The highest BCUT2D eigenvalue weighted by Gasteiger charge is 2.40. The summed E-state index contributed by atoms with van der Waals surface area (Å²) in [5.41, 5.74) is 5.56. The van der Waals surface area contributed by atoms with Crippen LogP contribution in [0.2, 0.25) is 0 Å². The normalized spacial score (nSPS) is 21.2. The quantitative estimate of drug-likeness (QED) is 0.801. The predicted molar refractivity (Wildman–Crippen MR) is 64.3 cm³/mol. The van der Waals surface area contributed by atoms with Gasteiger partial charge in [-0.25, -0.2) is 0 Å². The van der Waals surface area contributed by atoms with Gasteiger partial charge in [0.15, 0.2) is 0 Å². The molecule has 1 atom stereocenters. The van der Waals surface area contributed by atoms with Crippen molar-refractivity contribution >= 4 is 0 Å². The van der Waals surface area contributed by atoms with Gasteiger partial charge < -0.3 is 15.4 Å². The van der Waals surface area contributed by atoms with Crippen LogP contribution in [0.5, 0.6) is 0 Å². The Kier molecular flexibility index (Phi) is 6.38. The fourth-order valence-electron chi connectivity index (χ4n) is 2.32. The number of ether oxygens (including phenoxy) is 1. The maximum atomic E-state index is 12.5. The average molecular weight is 268 g/mol. The van der Waals surface area contributed by atoms with Crippen molar-refractivity contribution in [3.8, 4) is 0 Å². The molecule has 1 aliphatic heterocycles. The van der Waals surface area contributed by atoms with Gasteiger partial charge in [0, 0.05) is 19.7 Å². The summed E-state index contributed by atoms with van der Waals surface area (Å²) in [5, 5.41) is 0. The van der Waals surface area contributed by atoms with E-state index >= 15 is 0 Å². The minimum atomic E-state index is -4.03. The Hall–Kier alpha value is -0.330. The third kappa shape index (κ3) is 5.12. The molecule has 0 aromatic heterocycles. The van der Waals surface area contributed by atoms with E-state index in [1.807, 2.05) is 6.92 Å². The minimum absolute atomic E-state index is 0.0235. The number of alkyl halides is 3. The van der Waals surface area contributed by atoms with Crippen LogP contribution in [0.1, 0.15) is 26.2 Å². The smallest absolute Gasteiger partial charge is 0.377 e. The summed E-state index contributed by atoms with van der Waals surface area (Å²) in [6, 6.07) is 0. The molecule has 1 fully saturated rings. The van der Waals surface area contributed by atoms with Crippen LogP contribution in [0.3, 0.4) is 0 Å². The topological polar surface area (TPSA) is 38.5 Å². The number of piperidine rings is 1. The van der Waals surface area contributed by atoms with Crippen molar-refractivity contribution in [3.05, 3.63) is 0 Å². The molecule has 0 aromatic carbocycles. The van der Waals surface area contributed by atoms with Crippen LogP contribution in [-0.2, 0) is 4.74 Å². The number of rotatable bonds is 6. The molecule has 1 aliphatic rings. The number of halogens is 3. The second kappa shape index (κ2) is 7.31. The van der Waals surface area contributed by atoms with Crippen molar-refractivity contribution in [1.82, 2.24) is 4.90 Å². The van der Waals surface area contributed by atoms with Crippen LogP contribution >= 0.6 is 0 Å². The first kappa shape index (κ1) is 15.7. The molecule has 3 nitrogen and oxygen atoms in total. The van der Waals surface area contributed by atoms with Crippen LogP contribution in [0.4, 0.5) is 13.2 Å². The highest BCUT2D eigenvalue weighted by Crippen LogP contribution is 2.34. The largest absolute Gasteiger partial charge is 0.391 e. The molecule has 6 heteroatoms. The van der Waals surface area contributed by atoms with E-state index < -0.39 is 12.1 Å². The first-order valence-corrected chi connectivity index (χ1v) is 6.58. The molecule has 108 valence electrons. The molecule has 0 bridgehead atoms. The maximum absolute atomic E-state index is 12.5. The van der Waals surface area contributed by atoms with Gasteiger partial charge in [-0.15, -0.1) is 0 Å². The summed E-state index contributed by atoms with van der Waals surface area (Å²) in [6.45, 7) is 4.82. The van der Waals surface area contributed by atoms with E-state index in [4.69, 9.17) is 10.5 Å². The summed E-state index contributed by atoms with van der Waals surface area (Å²) in [6.07, 6.45) is -2.79. The first-order valence-electron chi connectivity index (χ1n) is 6.58. The number of hydrogen-bond donors (Lipinski definition) is 1. The Morgan fingerprint density at radius 1 is 1.33 bits per heavy atom. The van der Waals surface area contributed by atoms with Gasteiger partial charge >= 0.3 is 6.18 Å². The van der Waals surface area contributed by atoms with Crippen molar-refractivity contribution in [2.75, 3.05) is 32.8 Å². The second-order valence-electron chi connectivity index (χ2n) is 4.76. The van der Waals surface area contributed by atoms with Gasteiger partial charge in [0.25, 0.3) is 0 Å². The van der Waals surface area contributed by atoms with E-state index in [0.717, 1.165) is 13.0 Å². The molecule has 2 N–H and O–H groups in total. The van der Waals surface area contributed by atoms with E-state index in [9.17, 15) is 13.2 Å². The molecule has 0 amide bonds. The molecule has 1 heterocycles. The molecule has 18 heavy (non-hydrogen) atoms. The van der Waals surface area contributed by atoms with Gasteiger partial charge in [-0.05, 0) is 39.3 Å². The molecule has 0 saturated carbocycles. The summed E-state index contributed by atoms with van der Waals surface area (Å²) in [7, 11) is 0. The SMILES string of the molecule is CCOC(CN)CCN1CCC(C(F)(F)F)CC1. The van der Waals surface area contributed by atoms with Crippen molar-refractivity contribution in [1.29, 1.82) is 0 Å². The number of nitrogens with two attached hydrogens (primary N) is 1. The lowest BCUT2D eigenvalue weighted by Crippen LogP contribution is -2.40. The zero-order valence-corrected chi connectivity index (χ0v) is 10.9. The Labute approximate surface area is 106 Å². The monoisotopic (exact) mass is 268 g/mol. The second-order valence-corrected chi connectivity index (χ2v) is 4.76. The Balaban J connectivity index is 2.23. The molecular weight excluding hydrogens is 245 g/mol. The molecule has 1 rings (SSSR count). The molecule has 1 saturated heterocycles. The summed E-state index contributed by atoms with van der Waals surface area (Å²) in [4.78, 5) is 2.07. The van der Waals surface area contributed by atoms with Gasteiger partial charge in [-0.3, -0.25) is 0 Å². The fourth-order valence-corrected chi connectivity index (χ4v) is 2.32. The molecule has 0 aliphatic carbocycles. The van der Waals surface area contributed by atoms with E-state index in [1.54, 1.807) is 0 Å². The summed E-state index contributed by atoms with van der Waals surface area (Å²) >= 11 is 0. The molecule has 0 radical (unpaired) electrons. The Morgan fingerprint density at radius 3 is 2.39 bits per heavy atom. The van der Waals surface area contributed by atoms with Gasteiger partial charge in [0.05, 0.1) is 12.0 Å². The van der Waals surface area contributed by atoms with Gasteiger partial charge in [-0.2, -0.15) is 13.2 Å². The van der Waals surface area contributed by atoms with E-state index in [0.29, 0.717) is 26.2 Å². The van der Waals surface area contributed by atoms with Gasteiger partial charge in [0.1, 0.15) is 0 Å². The summed E-state index contributed by atoms with van der Waals surface area (Å²) in [5.74, 6) is -1.12. The van der Waals surface area contributed by atoms with Crippen molar-refractivity contribution in [2.24, 2.45) is 11.7 Å². The summed E-state index contributed by atoms with van der Waals surface area (Å²) < 4.78 is 42.9. The molecular formula is C12H23F3N2O. The van der Waals surface area contributed by atoms with Gasteiger partial charge in [0.2, 0.25) is 0 Å². The number of hydrogen-bond acceptors (Lipinski definition) is 3. The third-order valence-electron chi connectivity index (χ3n) is 3.48. The lowest BCUT2D eigenvalue weighted by molar-refractivity contribution is -0.185. The zero-order chi connectivity index (χ0) is 13.6. The Morgan fingerprint density at radius 2 is 1.94 bits per heavy atom. The van der Waals surface area contributed by atoms with Crippen LogP contribution in [0, 0.1) is 5.92 Å². The van der Waals surface area contributed by atoms with Crippen molar-refractivity contribution < 1.29 is 17.9 Å². The van der Waals surface area contributed by atoms with Crippen LogP contribution < -0.4 is 5.73 Å². The van der Waals surface area contributed by atoms with Crippen LogP contribution in [-0.4, -0.2) is 50.0 Å². The maximum Gasteiger partial charge on any atom is 0.391 e. The van der Waals surface area contributed by atoms with E-state index in [2.05, 4.69) is 4.90 Å². The van der Waals surface area contributed by atoms with Crippen LogP contribution in [0.15, 0.2) is 0 Å². The van der Waals surface area contributed by atoms with Crippen molar-refractivity contribution in [3.63, 3.8) is 0 Å². The molecule has 1 unspecified atom stereocenters. The lowest BCUT2D eigenvalue weighted by Gasteiger charge is -2.33. The first-order chi connectivity index (χ1) is 8.47. The zero-order valence-electron chi connectivity index (χ0n) is 10.9. The standard InChI is InChI=1S/C12H23F3N2O/c1-2-18-11(9-16)5-8-17-6-3-10(4-7-17)12(13,14)15/h10-11H,2-9,16H2,1H3.